The predicted molar refractivity (Wildman–Crippen MR) is 104 cm³/mol. The molecule has 7 heteroatoms. The molecule has 25 heavy (non-hydrogen) atoms. The molecule has 128 valence electrons. The first-order valence-electron chi connectivity index (χ1n) is 7.99. The Bertz CT molecular complexity index is 1010. The van der Waals surface area contributed by atoms with E-state index < -0.39 is 0 Å². The van der Waals surface area contributed by atoms with Crippen LogP contribution in [0, 0.1) is 5.92 Å². The molecule has 3 aromatic rings. The van der Waals surface area contributed by atoms with Gasteiger partial charge in [0.2, 0.25) is 0 Å². The lowest BCUT2D eigenvalue weighted by molar-refractivity contribution is 0.102. The molecule has 1 aliphatic rings. The van der Waals surface area contributed by atoms with E-state index in [-0.39, 0.29) is 5.78 Å². The quantitative estimate of drug-likeness (QED) is 0.604. The van der Waals surface area contributed by atoms with Gasteiger partial charge in [-0.3, -0.25) is 4.79 Å². The number of aromatic nitrogens is 2. The van der Waals surface area contributed by atoms with Crippen LogP contribution in [0.3, 0.4) is 0 Å². The molecule has 0 amide bonds. The van der Waals surface area contributed by atoms with E-state index in [1.165, 1.54) is 31.1 Å². The maximum Gasteiger partial charge on any atom is 0.171 e. The Labute approximate surface area is 159 Å². The number of nitrogen functional groups attached to an aromatic ring is 1. The smallest absolute Gasteiger partial charge is 0.171 e. The molecule has 0 atom stereocenters. The summed E-state index contributed by atoms with van der Waals surface area (Å²) < 4.78 is 0. The third-order valence-electron chi connectivity index (χ3n) is 4.32. The predicted octanol–water partition coefficient (Wildman–Crippen LogP) is 5.40. The molecular weight excluding hydrogens is 377 g/mol. The summed E-state index contributed by atoms with van der Waals surface area (Å²) >= 11 is 13.6. The molecule has 0 spiro atoms. The lowest BCUT2D eigenvalue weighted by Gasteiger charge is -2.08. The van der Waals surface area contributed by atoms with Crippen LogP contribution >= 0.6 is 34.5 Å². The Morgan fingerprint density at radius 2 is 2.04 bits per heavy atom. The Balaban J connectivity index is 1.97. The number of halogens is 2. The summed E-state index contributed by atoms with van der Waals surface area (Å²) in [5, 5.41) is 1.65. The SMILES string of the molecule is CC(=O)c1sc2nc(CC3CC3)nc(-c3ccc(Cl)c(Cl)c3)c2c1N. The minimum absolute atomic E-state index is 0.0654. The number of nitrogens with zero attached hydrogens (tertiary/aromatic N) is 2. The Morgan fingerprint density at radius 1 is 1.28 bits per heavy atom. The van der Waals surface area contributed by atoms with Crippen LogP contribution in [-0.2, 0) is 6.42 Å². The lowest BCUT2D eigenvalue weighted by Crippen LogP contribution is -2.00. The van der Waals surface area contributed by atoms with Crippen molar-refractivity contribution in [1.82, 2.24) is 9.97 Å². The van der Waals surface area contributed by atoms with Crippen LogP contribution in [-0.4, -0.2) is 15.8 Å². The molecular formula is C18H15Cl2N3OS. The number of hydrogen-bond acceptors (Lipinski definition) is 5. The second-order valence-electron chi connectivity index (χ2n) is 6.35. The molecule has 0 unspecified atom stereocenters. The van der Waals surface area contributed by atoms with Gasteiger partial charge in [-0.1, -0.05) is 29.3 Å². The zero-order valence-electron chi connectivity index (χ0n) is 13.5. The standard InChI is InChI=1S/C18H15Cl2N3OS/c1-8(24)17-15(21)14-16(10-4-5-11(19)12(20)7-10)22-13(6-9-2-3-9)23-18(14)25-17/h4-5,7,9H,2-3,6,21H2,1H3. The third-order valence-corrected chi connectivity index (χ3v) is 6.26. The fraction of sp³-hybridized carbons (Fsp3) is 0.278. The molecule has 1 aliphatic carbocycles. The van der Waals surface area contributed by atoms with Crippen molar-refractivity contribution in [3.63, 3.8) is 0 Å². The number of benzene rings is 1. The number of carbonyl (C=O) groups excluding carboxylic acids is 1. The molecule has 1 saturated carbocycles. The van der Waals surface area contributed by atoms with Gasteiger partial charge in [-0.2, -0.15) is 0 Å². The van der Waals surface area contributed by atoms with E-state index in [0.717, 1.165) is 22.6 Å². The number of carbonyl (C=O) groups is 1. The molecule has 0 radical (unpaired) electrons. The number of ketones is 1. The number of anilines is 1. The minimum atomic E-state index is -0.0654. The number of hydrogen-bond donors (Lipinski definition) is 1. The van der Waals surface area contributed by atoms with E-state index >= 15 is 0 Å². The van der Waals surface area contributed by atoms with Gasteiger partial charge >= 0.3 is 0 Å². The van der Waals surface area contributed by atoms with Crippen LogP contribution < -0.4 is 5.73 Å². The van der Waals surface area contributed by atoms with Crippen LogP contribution in [0.25, 0.3) is 21.5 Å². The van der Waals surface area contributed by atoms with E-state index in [2.05, 4.69) is 4.98 Å². The third kappa shape index (κ3) is 3.12. The molecule has 4 nitrogen and oxygen atoms in total. The number of Topliss-reactive ketones (excluding diaryl/α,β-unsaturated/α-hetero) is 1. The van der Waals surface area contributed by atoms with Crippen molar-refractivity contribution < 1.29 is 4.79 Å². The van der Waals surface area contributed by atoms with Crippen molar-refractivity contribution in [2.24, 2.45) is 5.92 Å². The molecule has 4 rings (SSSR count). The molecule has 1 aromatic carbocycles. The van der Waals surface area contributed by atoms with Crippen LogP contribution in [0.1, 0.15) is 35.3 Å². The molecule has 0 bridgehead atoms. The van der Waals surface area contributed by atoms with Crippen molar-refractivity contribution in [2.45, 2.75) is 26.2 Å². The average Bonchev–Trinajstić information content (AvgIpc) is 3.31. The Kier molecular flexibility index (Phi) is 4.18. The van der Waals surface area contributed by atoms with E-state index in [4.69, 9.17) is 33.9 Å². The first-order valence-corrected chi connectivity index (χ1v) is 9.56. The molecule has 0 saturated heterocycles. The summed E-state index contributed by atoms with van der Waals surface area (Å²) in [6.45, 7) is 1.51. The van der Waals surface area contributed by atoms with Gasteiger partial charge in [0.25, 0.3) is 0 Å². The molecule has 1 fully saturated rings. The second kappa shape index (κ2) is 6.24. The maximum atomic E-state index is 11.9. The first-order chi connectivity index (χ1) is 11.9. The normalized spacial score (nSPS) is 14.2. The van der Waals surface area contributed by atoms with Crippen molar-refractivity contribution in [3.05, 3.63) is 38.9 Å². The van der Waals surface area contributed by atoms with Crippen LogP contribution in [0.5, 0.6) is 0 Å². The number of thiophene rings is 1. The van der Waals surface area contributed by atoms with Gasteiger partial charge in [0, 0.05) is 18.9 Å². The van der Waals surface area contributed by atoms with Gasteiger partial charge < -0.3 is 5.73 Å². The fourth-order valence-electron chi connectivity index (χ4n) is 2.85. The highest BCUT2D eigenvalue weighted by atomic mass is 35.5. The van der Waals surface area contributed by atoms with Crippen molar-refractivity contribution in [3.8, 4) is 11.3 Å². The van der Waals surface area contributed by atoms with E-state index in [9.17, 15) is 4.79 Å². The fourth-order valence-corrected chi connectivity index (χ4v) is 4.16. The molecule has 2 heterocycles. The first kappa shape index (κ1) is 16.8. The van der Waals surface area contributed by atoms with Gasteiger partial charge in [0.05, 0.1) is 31.7 Å². The highest BCUT2D eigenvalue weighted by Gasteiger charge is 2.25. The summed E-state index contributed by atoms with van der Waals surface area (Å²) in [6, 6.07) is 5.38. The number of rotatable bonds is 4. The van der Waals surface area contributed by atoms with Gasteiger partial charge in [-0.25, -0.2) is 9.97 Å². The lowest BCUT2D eigenvalue weighted by atomic mass is 10.1. The zero-order chi connectivity index (χ0) is 17.7. The van der Waals surface area contributed by atoms with E-state index in [0.29, 0.717) is 37.6 Å². The van der Waals surface area contributed by atoms with Crippen LogP contribution in [0.15, 0.2) is 18.2 Å². The summed E-state index contributed by atoms with van der Waals surface area (Å²) in [4.78, 5) is 22.6. The summed E-state index contributed by atoms with van der Waals surface area (Å²) in [7, 11) is 0. The summed E-state index contributed by atoms with van der Waals surface area (Å²) in [5.41, 5.74) is 8.22. The number of fused-ring (bicyclic) bond motifs is 1. The Hall–Kier alpha value is -1.69. The molecule has 2 N–H and O–H groups in total. The molecule has 2 aromatic heterocycles. The highest BCUT2D eigenvalue weighted by Crippen LogP contribution is 2.41. The van der Waals surface area contributed by atoms with Gasteiger partial charge in [0.15, 0.2) is 5.78 Å². The van der Waals surface area contributed by atoms with Gasteiger partial charge in [-0.15, -0.1) is 11.3 Å². The molecule has 0 aliphatic heterocycles. The van der Waals surface area contributed by atoms with Crippen molar-refractivity contribution >= 4 is 56.2 Å². The van der Waals surface area contributed by atoms with Crippen molar-refractivity contribution in [2.75, 3.05) is 5.73 Å². The van der Waals surface area contributed by atoms with Crippen molar-refractivity contribution in [1.29, 1.82) is 0 Å². The van der Waals surface area contributed by atoms with E-state index in [1.807, 2.05) is 6.07 Å². The van der Waals surface area contributed by atoms with Crippen LogP contribution in [0.4, 0.5) is 5.69 Å². The largest absolute Gasteiger partial charge is 0.397 e. The highest BCUT2D eigenvalue weighted by molar-refractivity contribution is 7.21. The van der Waals surface area contributed by atoms with Gasteiger partial charge in [0.1, 0.15) is 10.7 Å². The minimum Gasteiger partial charge on any atom is -0.397 e. The van der Waals surface area contributed by atoms with Gasteiger partial charge in [-0.05, 0) is 30.9 Å². The van der Waals surface area contributed by atoms with E-state index in [1.54, 1.807) is 12.1 Å². The number of nitrogens with two attached hydrogens (primary N) is 1. The Morgan fingerprint density at radius 3 is 2.68 bits per heavy atom. The monoisotopic (exact) mass is 391 g/mol. The summed E-state index contributed by atoms with van der Waals surface area (Å²) in [5.74, 6) is 1.38. The maximum absolute atomic E-state index is 11.9. The zero-order valence-corrected chi connectivity index (χ0v) is 15.8. The van der Waals surface area contributed by atoms with Crippen LogP contribution in [0.2, 0.25) is 10.0 Å². The summed E-state index contributed by atoms with van der Waals surface area (Å²) in [6.07, 6.45) is 3.28. The topological polar surface area (TPSA) is 68.9 Å². The second-order valence-corrected chi connectivity index (χ2v) is 8.16. The average molecular weight is 392 g/mol.